The third-order valence-corrected chi connectivity index (χ3v) is 4.11. The normalized spacial score (nSPS) is 11.0. The van der Waals surface area contributed by atoms with Gasteiger partial charge in [0.15, 0.2) is 0 Å². The maximum absolute atomic E-state index is 14.0. The Kier molecular flexibility index (Phi) is 6.46. The number of benzene rings is 3. The number of nitrogens with zero attached hydrogens (tertiary/aromatic N) is 1. The van der Waals surface area contributed by atoms with Crippen molar-refractivity contribution in [2.45, 2.75) is 0 Å². The second-order valence-corrected chi connectivity index (χ2v) is 6.31. The number of nitro benzene ring substituents is 1. The number of nitro groups is 1. The SMILES string of the molecule is O=C(Nc1ccc(F)cc1)C(=Cc1cccc([N+](=O)[O-])c1)NC(=O)c1ccccc1F. The van der Waals surface area contributed by atoms with Gasteiger partial charge < -0.3 is 10.6 Å². The highest BCUT2D eigenvalue weighted by Gasteiger charge is 2.18. The van der Waals surface area contributed by atoms with Gasteiger partial charge in [-0.15, -0.1) is 0 Å². The molecule has 0 fully saturated rings. The summed E-state index contributed by atoms with van der Waals surface area (Å²) in [5, 5.41) is 15.8. The van der Waals surface area contributed by atoms with E-state index in [4.69, 9.17) is 0 Å². The number of hydrogen-bond donors (Lipinski definition) is 2. The lowest BCUT2D eigenvalue weighted by atomic mass is 10.1. The number of rotatable bonds is 6. The van der Waals surface area contributed by atoms with Gasteiger partial charge in [-0.3, -0.25) is 19.7 Å². The summed E-state index contributed by atoms with van der Waals surface area (Å²) in [6.45, 7) is 0. The Hall–Kier alpha value is -4.40. The van der Waals surface area contributed by atoms with E-state index in [-0.39, 0.29) is 28.2 Å². The van der Waals surface area contributed by atoms with Gasteiger partial charge in [0.05, 0.1) is 10.5 Å². The van der Waals surface area contributed by atoms with Gasteiger partial charge in [0.25, 0.3) is 17.5 Å². The Balaban J connectivity index is 1.94. The summed E-state index contributed by atoms with van der Waals surface area (Å²) in [4.78, 5) is 35.7. The van der Waals surface area contributed by atoms with Crippen LogP contribution in [0.5, 0.6) is 0 Å². The smallest absolute Gasteiger partial charge is 0.272 e. The molecular formula is C22H15F2N3O4. The van der Waals surface area contributed by atoms with E-state index >= 15 is 0 Å². The van der Waals surface area contributed by atoms with Crippen LogP contribution in [0.3, 0.4) is 0 Å². The zero-order valence-corrected chi connectivity index (χ0v) is 15.8. The van der Waals surface area contributed by atoms with Crippen molar-refractivity contribution < 1.29 is 23.3 Å². The predicted molar refractivity (Wildman–Crippen MR) is 110 cm³/mol. The molecular weight excluding hydrogens is 408 g/mol. The van der Waals surface area contributed by atoms with Crippen molar-refractivity contribution in [3.8, 4) is 0 Å². The van der Waals surface area contributed by atoms with E-state index in [9.17, 15) is 28.5 Å². The van der Waals surface area contributed by atoms with Crippen LogP contribution in [-0.2, 0) is 4.79 Å². The highest BCUT2D eigenvalue weighted by molar-refractivity contribution is 6.10. The Bertz CT molecular complexity index is 1180. The summed E-state index contributed by atoms with van der Waals surface area (Å²) < 4.78 is 27.1. The van der Waals surface area contributed by atoms with Gasteiger partial charge in [0.2, 0.25) is 0 Å². The summed E-state index contributed by atoms with van der Waals surface area (Å²) in [5.41, 5.74) is -0.295. The van der Waals surface area contributed by atoms with Crippen molar-refractivity contribution in [1.82, 2.24) is 5.32 Å². The number of carbonyl (C=O) groups is 2. The number of amides is 2. The standard InChI is InChI=1S/C22H15F2N3O4/c23-15-8-10-16(11-9-15)25-22(29)20(13-14-4-3-5-17(12-14)27(30)31)26-21(28)18-6-1-2-7-19(18)24/h1-13H,(H,25,29)(H,26,28). The molecule has 31 heavy (non-hydrogen) atoms. The maximum Gasteiger partial charge on any atom is 0.272 e. The molecule has 3 aromatic carbocycles. The van der Waals surface area contributed by atoms with Crippen LogP contribution in [0.1, 0.15) is 15.9 Å². The summed E-state index contributed by atoms with van der Waals surface area (Å²) >= 11 is 0. The molecule has 0 radical (unpaired) electrons. The Morgan fingerprint density at radius 3 is 2.32 bits per heavy atom. The van der Waals surface area contributed by atoms with Gasteiger partial charge in [0, 0.05) is 17.8 Å². The molecule has 0 saturated carbocycles. The number of nitrogens with one attached hydrogen (secondary N) is 2. The molecule has 0 aliphatic rings. The minimum absolute atomic E-state index is 0.215. The fraction of sp³-hybridized carbons (Fsp3) is 0. The molecule has 9 heteroatoms. The predicted octanol–water partition coefficient (Wildman–Crippen LogP) is 4.28. The summed E-state index contributed by atoms with van der Waals surface area (Å²) in [7, 11) is 0. The van der Waals surface area contributed by atoms with E-state index in [0.29, 0.717) is 0 Å². The van der Waals surface area contributed by atoms with Crippen LogP contribution < -0.4 is 10.6 Å². The molecule has 0 unspecified atom stereocenters. The topological polar surface area (TPSA) is 101 Å². The Morgan fingerprint density at radius 2 is 1.65 bits per heavy atom. The quantitative estimate of drug-likeness (QED) is 0.351. The summed E-state index contributed by atoms with van der Waals surface area (Å²) in [5.74, 6) is -2.96. The molecule has 0 aliphatic heterocycles. The van der Waals surface area contributed by atoms with Crippen LogP contribution >= 0.6 is 0 Å². The minimum atomic E-state index is -0.885. The molecule has 3 aromatic rings. The number of carbonyl (C=O) groups excluding carboxylic acids is 2. The van der Waals surface area contributed by atoms with Crippen molar-refractivity contribution in [3.05, 3.63) is 111 Å². The van der Waals surface area contributed by atoms with Crippen LogP contribution in [0.25, 0.3) is 6.08 Å². The molecule has 0 aliphatic carbocycles. The Labute approximate surface area is 175 Å². The first kappa shape index (κ1) is 21.3. The van der Waals surface area contributed by atoms with Crippen molar-refractivity contribution in [2.75, 3.05) is 5.32 Å². The summed E-state index contributed by atoms with van der Waals surface area (Å²) in [6.07, 6.45) is 1.21. The average Bonchev–Trinajstić information content (AvgIpc) is 2.75. The number of hydrogen-bond acceptors (Lipinski definition) is 4. The molecule has 0 saturated heterocycles. The number of non-ortho nitro benzene ring substituents is 1. The van der Waals surface area contributed by atoms with Gasteiger partial charge >= 0.3 is 0 Å². The third kappa shape index (κ3) is 5.57. The molecule has 3 rings (SSSR count). The lowest BCUT2D eigenvalue weighted by Gasteiger charge is -2.12. The average molecular weight is 423 g/mol. The molecule has 156 valence electrons. The zero-order valence-electron chi connectivity index (χ0n) is 15.8. The molecule has 0 atom stereocenters. The monoisotopic (exact) mass is 423 g/mol. The zero-order chi connectivity index (χ0) is 22.4. The summed E-state index contributed by atoms with van der Waals surface area (Å²) in [6, 6.07) is 15.5. The number of halogens is 2. The number of anilines is 1. The van der Waals surface area contributed by atoms with Gasteiger partial charge in [-0.05, 0) is 48.0 Å². The third-order valence-electron chi connectivity index (χ3n) is 4.11. The van der Waals surface area contributed by atoms with E-state index in [2.05, 4.69) is 10.6 Å². The van der Waals surface area contributed by atoms with Crippen molar-refractivity contribution >= 4 is 29.3 Å². The first-order chi connectivity index (χ1) is 14.8. The van der Waals surface area contributed by atoms with Crippen LogP contribution in [0, 0.1) is 21.7 Å². The molecule has 0 aromatic heterocycles. The van der Waals surface area contributed by atoms with E-state index in [1.54, 1.807) is 0 Å². The highest BCUT2D eigenvalue weighted by Crippen LogP contribution is 2.17. The van der Waals surface area contributed by atoms with Crippen LogP contribution in [0.4, 0.5) is 20.2 Å². The first-order valence-electron chi connectivity index (χ1n) is 8.92. The molecule has 0 bridgehead atoms. The van der Waals surface area contributed by atoms with E-state index in [1.807, 2.05) is 0 Å². The van der Waals surface area contributed by atoms with E-state index < -0.39 is 28.4 Å². The lowest BCUT2D eigenvalue weighted by Crippen LogP contribution is -2.31. The fourth-order valence-electron chi connectivity index (χ4n) is 2.62. The molecule has 0 heterocycles. The Morgan fingerprint density at radius 1 is 0.935 bits per heavy atom. The maximum atomic E-state index is 14.0. The van der Waals surface area contributed by atoms with Crippen molar-refractivity contribution in [3.63, 3.8) is 0 Å². The van der Waals surface area contributed by atoms with E-state index in [1.165, 1.54) is 60.7 Å². The largest absolute Gasteiger partial charge is 0.321 e. The van der Waals surface area contributed by atoms with Gasteiger partial charge in [-0.1, -0.05) is 24.3 Å². The minimum Gasteiger partial charge on any atom is -0.321 e. The van der Waals surface area contributed by atoms with E-state index in [0.717, 1.165) is 18.2 Å². The molecule has 0 spiro atoms. The first-order valence-corrected chi connectivity index (χ1v) is 8.92. The molecule has 2 amide bonds. The molecule has 2 N–H and O–H groups in total. The lowest BCUT2D eigenvalue weighted by molar-refractivity contribution is -0.384. The van der Waals surface area contributed by atoms with Crippen molar-refractivity contribution in [2.24, 2.45) is 0 Å². The van der Waals surface area contributed by atoms with Crippen LogP contribution in [0.2, 0.25) is 0 Å². The second kappa shape index (κ2) is 9.40. The van der Waals surface area contributed by atoms with Crippen LogP contribution in [-0.4, -0.2) is 16.7 Å². The van der Waals surface area contributed by atoms with Crippen molar-refractivity contribution in [1.29, 1.82) is 0 Å². The van der Waals surface area contributed by atoms with Gasteiger partial charge in [-0.2, -0.15) is 0 Å². The second-order valence-electron chi connectivity index (χ2n) is 6.31. The molecule has 7 nitrogen and oxygen atoms in total. The van der Waals surface area contributed by atoms with Crippen LogP contribution in [0.15, 0.2) is 78.5 Å². The fourth-order valence-corrected chi connectivity index (χ4v) is 2.62. The highest BCUT2D eigenvalue weighted by atomic mass is 19.1. The van der Waals surface area contributed by atoms with Gasteiger partial charge in [-0.25, -0.2) is 8.78 Å². The van der Waals surface area contributed by atoms with Gasteiger partial charge in [0.1, 0.15) is 17.3 Å².